The van der Waals surface area contributed by atoms with Gasteiger partial charge in [0.15, 0.2) is 16.6 Å². The zero-order chi connectivity index (χ0) is 30.5. The Bertz CT molecular complexity index is 1480. The second-order valence-corrected chi connectivity index (χ2v) is 21.8. The van der Waals surface area contributed by atoms with Gasteiger partial charge in [0.1, 0.15) is 0 Å². The van der Waals surface area contributed by atoms with Crippen LogP contribution in [0.1, 0.15) is 41.1 Å². The molecule has 9 heteroatoms. The molecule has 0 aliphatic heterocycles. The first-order chi connectivity index (χ1) is 20.6. The van der Waals surface area contributed by atoms with Gasteiger partial charge in [0, 0.05) is 38.2 Å². The number of carboxylic acid groups (broad SMARTS) is 1. The van der Waals surface area contributed by atoms with Gasteiger partial charge in [-0.05, 0) is 78.9 Å². The number of rotatable bonds is 14. The fourth-order valence-corrected chi connectivity index (χ4v) is 15.3. The molecule has 0 atom stereocenters. The number of aryl methyl sites for hydroxylation is 1. The number of fused-ring (bicyclic) bond motifs is 3. The van der Waals surface area contributed by atoms with E-state index in [1.807, 2.05) is 22.9 Å². The third-order valence-corrected chi connectivity index (χ3v) is 15.9. The van der Waals surface area contributed by atoms with E-state index in [1.54, 1.807) is 4.90 Å². The van der Waals surface area contributed by atoms with Crippen molar-refractivity contribution in [3.8, 4) is 11.1 Å². The fourth-order valence-electron chi connectivity index (χ4n) is 6.49. The molecule has 0 radical (unpaired) electrons. The molecule has 0 bridgehead atoms. The molecule has 0 saturated carbocycles. The Labute approximate surface area is 257 Å². The third kappa shape index (κ3) is 8.10. The highest BCUT2D eigenvalue weighted by Gasteiger charge is 2.34. The molecule has 1 heterocycles. The van der Waals surface area contributed by atoms with Crippen molar-refractivity contribution in [2.45, 2.75) is 70.0 Å². The van der Waals surface area contributed by atoms with Gasteiger partial charge < -0.3 is 14.1 Å². The maximum Gasteiger partial charge on any atom is 0.407 e. The van der Waals surface area contributed by atoms with E-state index in [-0.39, 0.29) is 5.92 Å². The molecule has 43 heavy (non-hydrogen) atoms. The molecule has 3 aromatic carbocycles. The van der Waals surface area contributed by atoms with Gasteiger partial charge in [-0.3, -0.25) is 4.68 Å². The van der Waals surface area contributed by atoms with Gasteiger partial charge in [0.2, 0.25) is 0 Å². The quantitative estimate of drug-likeness (QED) is 0.147. The van der Waals surface area contributed by atoms with E-state index in [9.17, 15) is 9.90 Å². The molecule has 0 spiro atoms. The largest absolute Gasteiger partial charge is 0.465 e. The summed E-state index contributed by atoms with van der Waals surface area (Å²) < 4.78 is 8.83. The minimum atomic E-state index is -1.96. The Balaban J connectivity index is 1.09. The van der Waals surface area contributed by atoms with Crippen LogP contribution >= 0.6 is 0 Å². The summed E-state index contributed by atoms with van der Waals surface area (Å²) in [4.78, 5) is 13.9. The zero-order valence-electron chi connectivity index (χ0n) is 25.9. The summed E-state index contributed by atoms with van der Waals surface area (Å²) in [7, 11) is -3.85. The van der Waals surface area contributed by atoms with Crippen molar-refractivity contribution in [3.05, 3.63) is 107 Å². The zero-order valence-corrected chi connectivity index (χ0v) is 27.9. The van der Waals surface area contributed by atoms with Crippen molar-refractivity contribution in [2.75, 3.05) is 13.1 Å². The van der Waals surface area contributed by atoms with Crippen LogP contribution in [0.3, 0.4) is 0 Å². The van der Waals surface area contributed by atoms with E-state index >= 15 is 0 Å². The van der Waals surface area contributed by atoms with Gasteiger partial charge >= 0.3 is 6.09 Å². The Morgan fingerprint density at radius 1 is 0.860 bits per heavy atom. The van der Waals surface area contributed by atoms with E-state index in [0.29, 0.717) is 13.1 Å². The monoisotopic (exact) mass is 612 g/mol. The summed E-state index contributed by atoms with van der Waals surface area (Å²) in [6, 6.07) is 29.1. The highest BCUT2D eigenvalue weighted by Crippen LogP contribution is 2.44. The molecular weight excluding hydrogens is 569 g/mol. The van der Waals surface area contributed by atoms with Crippen LogP contribution in [-0.4, -0.2) is 60.8 Å². The predicted octanol–water partition coefficient (Wildman–Crippen LogP) is 7.87. The summed E-state index contributed by atoms with van der Waals surface area (Å²) >= 11 is 0. The average Bonchev–Trinajstić information content (AvgIpc) is 3.54. The normalized spacial score (nSPS) is 13.1. The number of aromatic nitrogens is 3. The first-order valence-corrected chi connectivity index (χ1v) is 21.6. The first-order valence-electron chi connectivity index (χ1n) is 15.4. The molecule has 7 nitrogen and oxygen atoms in total. The van der Waals surface area contributed by atoms with Gasteiger partial charge in [0.05, 0.1) is 5.69 Å². The molecule has 0 saturated heterocycles. The summed E-state index contributed by atoms with van der Waals surface area (Å²) in [5.74, 6) is 0.0655. The second kappa shape index (κ2) is 13.4. The minimum Gasteiger partial charge on any atom is -0.465 e. The molecule has 0 fully saturated rings. The van der Waals surface area contributed by atoms with E-state index in [0.717, 1.165) is 43.6 Å². The van der Waals surface area contributed by atoms with E-state index < -0.39 is 22.7 Å². The van der Waals surface area contributed by atoms with Crippen LogP contribution in [-0.2, 0) is 17.1 Å². The highest BCUT2D eigenvalue weighted by molar-refractivity contribution is 6.84. The van der Waals surface area contributed by atoms with E-state index in [4.69, 9.17) is 4.12 Å². The lowest BCUT2D eigenvalue weighted by molar-refractivity contribution is 0.143. The van der Waals surface area contributed by atoms with Gasteiger partial charge in [-0.2, -0.15) is 0 Å². The first kappa shape index (κ1) is 30.9. The number of nitrogens with zero attached hydrogens (tertiary/aromatic N) is 4. The lowest BCUT2D eigenvalue weighted by Gasteiger charge is -2.34. The predicted molar refractivity (Wildman–Crippen MR) is 177 cm³/mol. The minimum absolute atomic E-state index is 0.0655. The Hall–Kier alpha value is -3.54. The maximum absolute atomic E-state index is 12.3. The summed E-state index contributed by atoms with van der Waals surface area (Å²) in [5, 5.41) is 18.8. The smallest absolute Gasteiger partial charge is 0.407 e. The Morgan fingerprint density at radius 3 is 2.07 bits per heavy atom. The fraction of sp³-hybridized carbons (Fsp3) is 0.382. The molecule has 1 aromatic heterocycles. The SMILES string of the molecule is C[Si](C)(CCCN(CC1c2ccccc2-c2ccccc21)C(=O)O)O[Si](C)(C)CCCn1cc(Cc2ccccc2)nn1. The van der Waals surface area contributed by atoms with E-state index in [1.165, 1.54) is 27.8 Å². The topological polar surface area (TPSA) is 80.5 Å². The van der Waals surface area contributed by atoms with Crippen molar-refractivity contribution in [1.82, 2.24) is 19.9 Å². The van der Waals surface area contributed by atoms with Gasteiger partial charge in [-0.25, -0.2) is 4.79 Å². The van der Waals surface area contributed by atoms with Crippen molar-refractivity contribution in [1.29, 1.82) is 0 Å². The molecule has 1 aliphatic carbocycles. The van der Waals surface area contributed by atoms with Crippen molar-refractivity contribution >= 4 is 22.7 Å². The van der Waals surface area contributed by atoms with Crippen molar-refractivity contribution in [2.24, 2.45) is 0 Å². The number of carbonyl (C=O) groups is 1. The van der Waals surface area contributed by atoms with Crippen LogP contribution in [0.2, 0.25) is 38.3 Å². The summed E-state index contributed by atoms with van der Waals surface area (Å²) in [6.07, 6.45) is 3.82. The van der Waals surface area contributed by atoms with Gasteiger partial charge in [-0.1, -0.05) is 84.1 Å². The molecule has 1 aliphatic rings. The lowest BCUT2D eigenvalue weighted by atomic mass is 9.96. The van der Waals surface area contributed by atoms with Crippen LogP contribution in [0, 0.1) is 0 Å². The second-order valence-electron chi connectivity index (χ2n) is 12.9. The number of benzene rings is 3. The van der Waals surface area contributed by atoms with Crippen molar-refractivity contribution in [3.63, 3.8) is 0 Å². The molecular formula is C34H44N4O3Si2. The molecule has 5 rings (SSSR count). The molecule has 1 amide bonds. The van der Waals surface area contributed by atoms with Gasteiger partial charge in [-0.15, -0.1) is 5.10 Å². The number of hydrogen-bond acceptors (Lipinski definition) is 4. The lowest BCUT2D eigenvalue weighted by Crippen LogP contribution is -2.45. The molecule has 0 unspecified atom stereocenters. The summed E-state index contributed by atoms with van der Waals surface area (Å²) in [6.45, 7) is 11.0. The maximum atomic E-state index is 12.3. The van der Waals surface area contributed by atoms with E-state index in [2.05, 4.69) is 103 Å². The summed E-state index contributed by atoms with van der Waals surface area (Å²) in [5.41, 5.74) is 7.12. The van der Waals surface area contributed by atoms with Crippen LogP contribution < -0.4 is 0 Å². The number of amides is 1. The van der Waals surface area contributed by atoms with Crippen LogP contribution in [0.4, 0.5) is 4.79 Å². The van der Waals surface area contributed by atoms with Crippen molar-refractivity contribution < 1.29 is 14.0 Å². The molecule has 1 N–H and O–H groups in total. The third-order valence-electron chi connectivity index (χ3n) is 8.38. The Morgan fingerprint density at radius 2 is 1.44 bits per heavy atom. The Kier molecular flexibility index (Phi) is 9.63. The standard InChI is InChI=1S/C34H44N4O3Si2/c1-42(2,41-43(3,4)23-13-21-38-25-28(35-36-38)24-27-14-6-5-7-15-27)22-12-20-37(34(39)40)26-33-31-18-10-8-16-29(31)30-17-9-11-19-32(30)33/h5-11,14-19,25,33H,12-13,20-24,26H2,1-4H3,(H,39,40). The molecule has 226 valence electrons. The highest BCUT2D eigenvalue weighted by atomic mass is 28.4. The van der Waals surface area contributed by atoms with Gasteiger partial charge in [0.25, 0.3) is 0 Å². The number of hydrogen-bond donors (Lipinski definition) is 1. The van der Waals surface area contributed by atoms with Crippen LogP contribution in [0.15, 0.2) is 85.1 Å². The molecule has 4 aromatic rings. The van der Waals surface area contributed by atoms with Crippen LogP contribution in [0.5, 0.6) is 0 Å². The van der Waals surface area contributed by atoms with Crippen LogP contribution in [0.25, 0.3) is 11.1 Å². The average molecular weight is 613 g/mol.